The molecule has 2 rings (SSSR count). The Kier molecular flexibility index (Phi) is 3.09. The number of hydrogen-bond donors (Lipinski definition) is 2. The molecule has 0 aromatic carbocycles. The third-order valence-electron chi connectivity index (χ3n) is 3.19. The summed E-state index contributed by atoms with van der Waals surface area (Å²) in [5, 5.41) is 0. The molecule has 1 aromatic rings. The van der Waals surface area contributed by atoms with Gasteiger partial charge in [0.2, 0.25) is 10.0 Å². The molecule has 1 heterocycles. The van der Waals surface area contributed by atoms with Crippen molar-refractivity contribution in [3.8, 4) is 0 Å². The second kappa shape index (κ2) is 4.27. The Morgan fingerprint density at radius 1 is 1.41 bits per heavy atom. The van der Waals surface area contributed by atoms with E-state index in [0.29, 0.717) is 0 Å². The number of rotatable bonds is 3. The molecule has 0 aliphatic heterocycles. The van der Waals surface area contributed by atoms with Crippen LogP contribution in [0, 0.1) is 0 Å². The van der Waals surface area contributed by atoms with Crippen LogP contribution < -0.4 is 10.5 Å². The number of anilines is 1. The van der Waals surface area contributed by atoms with Crippen LogP contribution >= 0.6 is 0 Å². The third kappa shape index (κ3) is 2.58. The lowest BCUT2D eigenvalue weighted by atomic mass is 10.0. The minimum absolute atomic E-state index is 0.0631. The smallest absolute Gasteiger partial charge is 0.244 e. The Morgan fingerprint density at radius 3 is 2.65 bits per heavy atom. The van der Waals surface area contributed by atoms with Crippen LogP contribution in [0.25, 0.3) is 0 Å². The molecule has 0 unspecified atom stereocenters. The molecule has 3 N–H and O–H groups in total. The summed E-state index contributed by atoms with van der Waals surface area (Å²) < 4.78 is 27.1. The van der Waals surface area contributed by atoms with Gasteiger partial charge >= 0.3 is 0 Å². The zero-order valence-corrected chi connectivity index (χ0v) is 10.6. The Hall–Kier alpha value is -1.14. The van der Waals surface area contributed by atoms with E-state index in [1.807, 2.05) is 6.92 Å². The largest absolute Gasteiger partial charge is 0.398 e. The topological polar surface area (TPSA) is 85.1 Å². The molecule has 1 saturated carbocycles. The van der Waals surface area contributed by atoms with Crippen LogP contribution in [0.15, 0.2) is 23.4 Å². The molecule has 0 atom stereocenters. The highest BCUT2D eigenvalue weighted by Gasteiger charge is 2.34. The van der Waals surface area contributed by atoms with Crippen molar-refractivity contribution in [2.45, 2.75) is 43.0 Å². The Bertz CT molecular complexity index is 507. The van der Waals surface area contributed by atoms with Crippen LogP contribution in [0.2, 0.25) is 0 Å². The van der Waals surface area contributed by atoms with E-state index in [1.54, 1.807) is 0 Å². The molecule has 1 fully saturated rings. The second-order valence-corrected chi connectivity index (χ2v) is 6.44. The lowest BCUT2D eigenvalue weighted by molar-refractivity contribution is 0.427. The van der Waals surface area contributed by atoms with Crippen LogP contribution in [0.3, 0.4) is 0 Å². The first-order valence-corrected chi connectivity index (χ1v) is 7.15. The van der Waals surface area contributed by atoms with Gasteiger partial charge in [-0.2, -0.15) is 0 Å². The Balaban J connectivity index is 2.28. The van der Waals surface area contributed by atoms with E-state index in [2.05, 4.69) is 9.71 Å². The number of pyridine rings is 1. The zero-order valence-electron chi connectivity index (χ0n) is 9.81. The number of aromatic nitrogens is 1. The minimum atomic E-state index is -3.57. The number of hydrogen-bond acceptors (Lipinski definition) is 4. The highest BCUT2D eigenvalue weighted by molar-refractivity contribution is 7.89. The van der Waals surface area contributed by atoms with Crippen LogP contribution in [0.4, 0.5) is 5.69 Å². The lowest BCUT2D eigenvalue weighted by Crippen LogP contribution is -2.43. The van der Waals surface area contributed by atoms with Crippen LogP contribution in [0.1, 0.15) is 32.6 Å². The summed E-state index contributed by atoms with van der Waals surface area (Å²) in [6, 6.07) is 1.49. The van der Waals surface area contributed by atoms with Gasteiger partial charge in [0, 0.05) is 17.9 Å². The van der Waals surface area contributed by atoms with Gasteiger partial charge in [0.05, 0.1) is 5.69 Å². The van der Waals surface area contributed by atoms with Crippen molar-refractivity contribution in [3.05, 3.63) is 18.5 Å². The van der Waals surface area contributed by atoms with E-state index in [0.717, 1.165) is 25.7 Å². The van der Waals surface area contributed by atoms with Gasteiger partial charge in [0.25, 0.3) is 0 Å². The number of sulfonamides is 1. The van der Waals surface area contributed by atoms with Gasteiger partial charge in [0.15, 0.2) is 0 Å². The van der Waals surface area contributed by atoms with E-state index in [9.17, 15) is 8.42 Å². The van der Waals surface area contributed by atoms with E-state index in [1.165, 1.54) is 18.5 Å². The fraction of sp³-hybridized carbons (Fsp3) is 0.545. The van der Waals surface area contributed by atoms with Crippen molar-refractivity contribution in [1.82, 2.24) is 9.71 Å². The van der Waals surface area contributed by atoms with E-state index < -0.39 is 10.0 Å². The molecule has 0 bridgehead atoms. The molecule has 5 nitrogen and oxygen atoms in total. The number of nitrogens with zero attached hydrogens (tertiary/aromatic N) is 1. The molecule has 94 valence electrons. The minimum Gasteiger partial charge on any atom is -0.398 e. The summed E-state index contributed by atoms with van der Waals surface area (Å²) in [6.45, 7) is 1.93. The maximum absolute atomic E-state index is 12.2. The summed E-state index contributed by atoms with van der Waals surface area (Å²) in [5.74, 6) is 0. The lowest BCUT2D eigenvalue weighted by Gasteiger charge is -2.25. The molecule has 1 aromatic heterocycles. The highest BCUT2D eigenvalue weighted by atomic mass is 32.2. The molecule has 0 saturated heterocycles. The van der Waals surface area contributed by atoms with Crippen molar-refractivity contribution in [3.63, 3.8) is 0 Å². The number of nitrogen functional groups attached to an aromatic ring is 1. The summed E-state index contributed by atoms with van der Waals surface area (Å²) in [4.78, 5) is 3.87. The summed E-state index contributed by atoms with van der Waals surface area (Å²) in [5.41, 5.74) is 5.55. The highest BCUT2D eigenvalue weighted by Crippen LogP contribution is 2.31. The molecular formula is C11H17N3O2S. The quantitative estimate of drug-likeness (QED) is 0.852. The van der Waals surface area contributed by atoms with Crippen molar-refractivity contribution >= 4 is 15.7 Å². The molecule has 6 heteroatoms. The number of nitrogens with two attached hydrogens (primary N) is 1. The normalized spacial score (nSPS) is 19.4. The monoisotopic (exact) mass is 255 g/mol. The van der Waals surface area contributed by atoms with E-state index in [4.69, 9.17) is 5.73 Å². The number of nitrogens with one attached hydrogen (secondary N) is 1. The van der Waals surface area contributed by atoms with E-state index >= 15 is 0 Å². The molecule has 17 heavy (non-hydrogen) atoms. The maximum atomic E-state index is 12.2. The summed E-state index contributed by atoms with van der Waals surface area (Å²) >= 11 is 0. The van der Waals surface area contributed by atoms with Gasteiger partial charge in [-0.3, -0.25) is 4.98 Å². The Morgan fingerprint density at radius 2 is 2.06 bits per heavy atom. The molecule has 0 amide bonds. The first-order valence-electron chi connectivity index (χ1n) is 5.66. The molecule has 0 radical (unpaired) electrons. The summed E-state index contributed by atoms with van der Waals surface area (Å²) in [6.07, 6.45) is 6.61. The molecule has 0 spiro atoms. The van der Waals surface area contributed by atoms with Crippen molar-refractivity contribution < 1.29 is 8.42 Å². The predicted octanol–water partition coefficient (Wildman–Crippen LogP) is 1.27. The average molecular weight is 255 g/mol. The van der Waals surface area contributed by atoms with Crippen LogP contribution in [0.5, 0.6) is 0 Å². The van der Waals surface area contributed by atoms with Gasteiger partial charge < -0.3 is 5.73 Å². The first kappa shape index (κ1) is 12.3. The van der Waals surface area contributed by atoms with Gasteiger partial charge in [-0.25, -0.2) is 13.1 Å². The van der Waals surface area contributed by atoms with Crippen molar-refractivity contribution in [1.29, 1.82) is 0 Å². The summed E-state index contributed by atoms with van der Waals surface area (Å²) in [7, 11) is -3.57. The molecule has 1 aliphatic carbocycles. The molecule has 1 aliphatic rings. The fourth-order valence-electron chi connectivity index (χ4n) is 2.25. The van der Waals surface area contributed by atoms with Gasteiger partial charge in [-0.1, -0.05) is 12.8 Å². The fourth-order valence-corrected chi connectivity index (χ4v) is 3.79. The van der Waals surface area contributed by atoms with Crippen LogP contribution in [-0.2, 0) is 10.0 Å². The first-order chi connectivity index (χ1) is 7.93. The maximum Gasteiger partial charge on any atom is 0.244 e. The van der Waals surface area contributed by atoms with Crippen molar-refractivity contribution in [2.75, 3.05) is 5.73 Å². The predicted molar refractivity (Wildman–Crippen MR) is 65.8 cm³/mol. The Labute approximate surface area is 101 Å². The van der Waals surface area contributed by atoms with E-state index in [-0.39, 0.29) is 16.1 Å². The van der Waals surface area contributed by atoms with Gasteiger partial charge in [-0.15, -0.1) is 0 Å². The van der Waals surface area contributed by atoms with Gasteiger partial charge in [-0.05, 0) is 25.8 Å². The van der Waals surface area contributed by atoms with Crippen LogP contribution in [-0.4, -0.2) is 18.9 Å². The average Bonchev–Trinajstić information content (AvgIpc) is 2.64. The second-order valence-electron chi connectivity index (χ2n) is 4.79. The SMILES string of the molecule is CC1(NS(=O)(=O)c2cnccc2N)CCCC1. The van der Waals surface area contributed by atoms with Crippen molar-refractivity contribution in [2.24, 2.45) is 0 Å². The molecular weight excluding hydrogens is 238 g/mol. The van der Waals surface area contributed by atoms with Gasteiger partial charge in [0.1, 0.15) is 4.90 Å². The third-order valence-corrected chi connectivity index (χ3v) is 4.88. The standard InChI is InChI=1S/C11H17N3O2S/c1-11(5-2-3-6-11)14-17(15,16)10-8-13-7-4-9(10)12/h4,7-8,14H,2-3,5-6H2,1H3,(H2,12,13). The zero-order chi connectivity index (χ0) is 12.5.